The van der Waals surface area contributed by atoms with Gasteiger partial charge in [0, 0.05) is 10.7 Å². The fourth-order valence-corrected chi connectivity index (χ4v) is 2.44. The zero-order chi connectivity index (χ0) is 15.4. The predicted octanol–water partition coefficient (Wildman–Crippen LogP) is 5.03. The van der Waals surface area contributed by atoms with Crippen molar-refractivity contribution in [3.05, 3.63) is 62.3 Å². The first-order valence-corrected chi connectivity index (χ1v) is 7.93. The second-order valence-corrected chi connectivity index (χ2v) is 6.16. The zero-order valence-electron chi connectivity index (χ0n) is 11.2. The molecule has 0 fully saturated rings. The van der Waals surface area contributed by atoms with Crippen LogP contribution >= 0.6 is 39.1 Å². The van der Waals surface area contributed by atoms with Gasteiger partial charge in [-0.15, -0.1) is 0 Å². The van der Waals surface area contributed by atoms with Gasteiger partial charge in [0.15, 0.2) is 0 Å². The minimum absolute atomic E-state index is 0.0694. The minimum atomic E-state index is -0.226. The lowest BCUT2D eigenvalue weighted by molar-refractivity contribution is 0.0935. The molecule has 2 aromatic rings. The highest BCUT2D eigenvalue weighted by Gasteiger charge is 2.15. The molecule has 1 aromatic carbocycles. The number of nitrogens with one attached hydrogen (secondary N) is 1. The van der Waals surface area contributed by atoms with E-state index in [1.54, 1.807) is 0 Å². The third-order valence-corrected chi connectivity index (χ3v) is 4.26. The molecule has 0 spiro atoms. The summed E-state index contributed by atoms with van der Waals surface area (Å²) in [6.07, 6.45) is 2.19. The lowest BCUT2D eigenvalue weighted by Gasteiger charge is -2.17. The van der Waals surface area contributed by atoms with Gasteiger partial charge >= 0.3 is 0 Å². The third-order valence-electron chi connectivity index (χ3n) is 3.04. The van der Waals surface area contributed by atoms with Gasteiger partial charge in [-0.2, -0.15) is 0 Å². The Balaban J connectivity index is 2.15. The van der Waals surface area contributed by atoms with Crippen LogP contribution in [0.2, 0.25) is 10.2 Å². The van der Waals surface area contributed by atoms with Crippen molar-refractivity contribution in [2.45, 2.75) is 19.4 Å². The Morgan fingerprint density at radius 2 is 2.00 bits per heavy atom. The van der Waals surface area contributed by atoms with Crippen LogP contribution in [-0.2, 0) is 0 Å². The number of amides is 1. The van der Waals surface area contributed by atoms with Crippen molar-refractivity contribution in [2.24, 2.45) is 0 Å². The molecule has 1 unspecified atom stereocenters. The van der Waals surface area contributed by atoms with E-state index in [9.17, 15) is 4.79 Å². The topological polar surface area (TPSA) is 42.0 Å². The van der Waals surface area contributed by atoms with E-state index in [0.717, 1.165) is 16.5 Å². The molecule has 1 aromatic heterocycles. The van der Waals surface area contributed by atoms with Crippen molar-refractivity contribution in [1.82, 2.24) is 10.3 Å². The molecule has 1 amide bonds. The first-order valence-electron chi connectivity index (χ1n) is 6.38. The van der Waals surface area contributed by atoms with Gasteiger partial charge in [0.1, 0.15) is 5.15 Å². The van der Waals surface area contributed by atoms with Gasteiger partial charge in [-0.05, 0) is 30.2 Å². The number of carbonyl (C=O) groups excluding carboxylic acids is 1. The Morgan fingerprint density at radius 1 is 1.33 bits per heavy atom. The number of hydrogen-bond acceptors (Lipinski definition) is 2. The summed E-state index contributed by atoms with van der Waals surface area (Å²) in [5.74, 6) is -0.226. The molecule has 2 rings (SSSR count). The Hall–Kier alpha value is -1.10. The molecular weight excluding hydrogens is 375 g/mol. The van der Waals surface area contributed by atoms with Crippen LogP contribution in [0.5, 0.6) is 0 Å². The van der Waals surface area contributed by atoms with E-state index in [0.29, 0.717) is 5.56 Å². The smallest absolute Gasteiger partial charge is 0.253 e. The predicted molar refractivity (Wildman–Crippen MR) is 88.9 cm³/mol. The van der Waals surface area contributed by atoms with Crippen molar-refractivity contribution in [3.8, 4) is 0 Å². The quantitative estimate of drug-likeness (QED) is 0.747. The summed E-state index contributed by atoms with van der Waals surface area (Å²) < 4.78 is 1.00. The first-order chi connectivity index (χ1) is 10.0. The van der Waals surface area contributed by atoms with Crippen molar-refractivity contribution in [1.29, 1.82) is 0 Å². The van der Waals surface area contributed by atoms with Crippen LogP contribution in [0.4, 0.5) is 0 Å². The third kappa shape index (κ3) is 4.19. The number of nitrogens with zero attached hydrogens (tertiary/aromatic N) is 1. The molecule has 6 heteroatoms. The molecule has 1 heterocycles. The highest BCUT2D eigenvalue weighted by atomic mass is 79.9. The number of rotatable bonds is 4. The fraction of sp³-hybridized carbons (Fsp3) is 0.200. The lowest BCUT2D eigenvalue weighted by atomic mass is 10.0. The summed E-state index contributed by atoms with van der Waals surface area (Å²) >= 11 is 15.0. The van der Waals surface area contributed by atoms with Gasteiger partial charge in [0.25, 0.3) is 5.91 Å². The van der Waals surface area contributed by atoms with Gasteiger partial charge < -0.3 is 5.32 Å². The molecule has 0 radical (unpaired) electrons. The second kappa shape index (κ2) is 7.25. The van der Waals surface area contributed by atoms with E-state index in [1.807, 2.05) is 31.2 Å². The summed E-state index contributed by atoms with van der Waals surface area (Å²) in [6.45, 7) is 2.01. The van der Waals surface area contributed by atoms with Gasteiger partial charge in [0.05, 0.1) is 16.6 Å². The van der Waals surface area contributed by atoms with E-state index in [-0.39, 0.29) is 22.1 Å². The standard InChI is InChI=1S/C15H13BrCl2N2O/c1-2-13(9-3-5-11(16)6-4-9)20-15(21)10-7-12(17)14(18)19-8-10/h3-8,13H,2H2,1H3,(H,20,21). The monoisotopic (exact) mass is 386 g/mol. The summed E-state index contributed by atoms with van der Waals surface area (Å²) in [4.78, 5) is 16.1. The maximum Gasteiger partial charge on any atom is 0.253 e. The summed E-state index contributed by atoms with van der Waals surface area (Å²) in [7, 11) is 0. The average molecular weight is 388 g/mol. The first kappa shape index (κ1) is 16.3. The normalized spacial score (nSPS) is 12.0. The summed E-state index contributed by atoms with van der Waals surface area (Å²) in [5.41, 5.74) is 1.43. The Kier molecular flexibility index (Phi) is 5.62. The molecule has 0 saturated heterocycles. The average Bonchev–Trinajstić information content (AvgIpc) is 2.48. The van der Waals surface area contributed by atoms with E-state index in [2.05, 4.69) is 26.2 Å². The molecule has 3 nitrogen and oxygen atoms in total. The zero-order valence-corrected chi connectivity index (χ0v) is 14.3. The molecule has 0 aliphatic carbocycles. The van der Waals surface area contributed by atoms with Crippen LogP contribution in [0.1, 0.15) is 35.3 Å². The van der Waals surface area contributed by atoms with Gasteiger partial charge in [-0.1, -0.05) is 58.2 Å². The Labute approximate surface area is 141 Å². The number of hydrogen-bond donors (Lipinski definition) is 1. The largest absolute Gasteiger partial charge is 0.345 e. The maximum atomic E-state index is 12.3. The van der Waals surface area contributed by atoms with Crippen LogP contribution in [0.15, 0.2) is 41.0 Å². The Bertz CT molecular complexity index is 647. The molecular formula is C15H13BrCl2N2O. The molecule has 21 heavy (non-hydrogen) atoms. The van der Waals surface area contributed by atoms with Crippen LogP contribution in [0, 0.1) is 0 Å². The summed E-state index contributed by atoms with van der Waals surface area (Å²) in [5, 5.41) is 3.42. The van der Waals surface area contributed by atoms with Gasteiger partial charge in [-0.3, -0.25) is 4.79 Å². The number of halogens is 3. The minimum Gasteiger partial charge on any atom is -0.345 e. The number of benzene rings is 1. The molecule has 0 bridgehead atoms. The van der Waals surface area contributed by atoms with E-state index in [1.165, 1.54) is 12.3 Å². The maximum absolute atomic E-state index is 12.3. The van der Waals surface area contributed by atoms with Crippen molar-refractivity contribution < 1.29 is 4.79 Å². The summed E-state index contributed by atoms with van der Waals surface area (Å²) in [6, 6.07) is 9.30. The van der Waals surface area contributed by atoms with Gasteiger partial charge in [0.2, 0.25) is 0 Å². The number of pyridine rings is 1. The van der Waals surface area contributed by atoms with E-state index < -0.39 is 0 Å². The molecule has 0 aliphatic heterocycles. The highest BCUT2D eigenvalue weighted by molar-refractivity contribution is 9.10. The van der Waals surface area contributed by atoms with Crippen molar-refractivity contribution in [2.75, 3.05) is 0 Å². The van der Waals surface area contributed by atoms with E-state index in [4.69, 9.17) is 23.2 Å². The molecule has 1 atom stereocenters. The number of carbonyl (C=O) groups is 1. The van der Waals surface area contributed by atoms with Crippen molar-refractivity contribution in [3.63, 3.8) is 0 Å². The Morgan fingerprint density at radius 3 is 2.57 bits per heavy atom. The SMILES string of the molecule is CCC(NC(=O)c1cnc(Cl)c(Cl)c1)c1ccc(Br)cc1. The van der Waals surface area contributed by atoms with Crippen LogP contribution in [0.3, 0.4) is 0 Å². The number of aromatic nitrogens is 1. The van der Waals surface area contributed by atoms with Crippen molar-refractivity contribution >= 4 is 45.0 Å². The lowest BCUT2D eigenvalue weighted by Crippen LogP contribution is -2.28. The molecule has 1 N–H and O–H groups in total. The van der Waals surface area contributed by atoms with Gasteiger partial charge in [-0.25, -0.2) is 4.98 Å². The second-order valence-electron chi connectivity index (χ2n) is 4.48. The van der Waals surface area contributed by atoms with Crippen LogP contribution in [0.25, 0.3) is 0 Å². The molecule has 110 valence electrons. The highest BCUT2D eigenvalue weighted by Crippen LogP contribution is 2.22. The fourth-order valence-electron chi connectivity index (χ4n) is 1.90. The van der Waals surface area contributed by atoms with Crippen LogP contribution < -0.4 is 5.32 Å². The van der Waals surface area contributed by atoms with Crippen LogP contribution in [-0.4, -0.2) is 10.9 Å². The van der Waals surface area contributed by atoms with E-state index >= 15 is 0 Å². The molecule has 0 saturated carbocycles. The molecule has 0 aliphatic rings.